The molecule has 1 aliphatic carbocycles. The molecule has 0 aromatic heterocycles. The minimum atomic E-state index is -3.04. The Kier molecular flexibility index (Phi) is 7.08. The Balaban J connectivity index is 1.95. The lowest BCUT2D eigenvalue weighted by molar-refractivity contribution is 0.566. The average Bonchev–Trinajstić information content (AvgIpc) is 3.08. The zero-order chi connectivity index (χ0) is 12.6. The lowest BCUT2D eigenvalue weighted by Crippen LogP contribution is -2.29. The zero-order valence-corrected chi connectivity index (χ0v) is 11.7. The van der Waals surface area contributed by atoms with Gasteiger partial charge >= 0.3 is 0 Å². The summed E-state index contributed by atoms with van der Waals surface area (Å²) in [7, 11) is -3.04. The summed E-state index contributed by atoms with van der Waals surface area (Å²) in [4.78, 5) is 0. The predicted octanol–water partition coefficient (Wildman–Crippen LogP) is 1.49. The highest BCUT2D eigenvalue weighted by Gasteiger charge is 2.20. The molecule has 0 aliphatic heterocycles. The molecule has 17 heavy (non-hydrogen) atoms. The molecular weight excluding hydrogens is 236 g/mol. The minimum absolute atomic E-state index is 0.243. The van der Waals surface area contributed by atoms with E-state index in [4.69, 9.17) is 0 Å². The van der Waals surface area contributed by atoms with Crippen LogP contribution >= 0.6 is 0 Å². The maximum absolute atomic E-state index is 11.6. The van der Waals surface area contributed by atoms with Crippen LogP contribution in [0.15, 0.2) is 0 Å². The van der Waals surface area contributed by atoms with Crippen molar-refractivity contribution in [2.75, 3.05) is 25.4 Å². The van der Waals surface area contributed by atoms with E-state index in [9.17, 15) is 8.42 Å². The van der Waals surface area contributed by atoms with Gasteiger partial charge in [-0.15, -0.1) is 0 Å². The number of rotatable bonds is 11. The normalized spacial score (nSPS) is 16.3. The first-order valence-electron chi connectivity index (χ1n) is 6.82. The number of hydrogen-bond acceptors (Lipinski definition) is 3. The summed E-state index contributed by atoms with van der Waals surface area (Å²) in [6.07, 6.45) is 6.63. The Labute approximate surface area is 106 Å². The van der Waals surface area contributed by atoms with E-state index in [-0.39, 0.29) is 5.75 Å². The van der Waals surface area contributed by atoms with Crippen molar-refractivity contribution in [2.45, 2.75) is 45.4 Å². The monoisotopic (exact) mass is 262 g/mol. The molecule has 0 spiro atoms. The van der Waals surface area contributed by atoms with Gasteiger partial charge in [0, 0.05) is 6.54 Å². The van der Waals surface area contributed by atoms with Crippen molar-refractivity contribution in [3.05, 3.63) is 0 Å². The third-order valence-electron chi connectivity index (χ3n) is 3.00. The van der Waals surface area contributed by atoms with E-state index >= 15 is 0 Å². The highest BCUT2D eigenvalue weighted by atomic mass is 32.2. The van der Waals surface area contributed by atoms with E-state index in [0.29, 0.717) is 13.0 Å². The topological polar surface area (TPSA) is 58.2 Å². The van der Waals surface area contributed by atoms with Gasteiger partial charge in [0.15, 0.2) is 0 Å². The molecule has 0 radical (unpaired) electrons. The molecule has 0 aromatic carbocycles. The summed E-state index contributed by atoms with van der Waals surface area (Å²) in [5, 5.41) is 3.21. The van der Waals surface area contributed by atoms with E-state index in [1.165, 1.54) is 19.3 Å². The molecule has 0 saturated heterocycles. The van der Waals surface area contributed by atoms with E-state index in [0.717, 1.165) is 31.8 Å². The molecule has 1 saturated carbocycles. The summed E-state index contributed by atoms with van der Waals surface area (Å²) < 4.78 is 25.8. The Morgan fingerprint density at radius 3 is 2.53 bits per heavy atom. The van der Waals surface area contributed by atoms with Crippen molar-refractivity contribution < 1.29 is 8.42 Å². The molecule has 0 atom stereocenters. The first-order chi connectivity index (χ1) is 8.14. The van der Waals surface area contributed by atoms with Gasteiger partial charge in [0.25, 0.3) is 0 Å². The molecule has 0 heterocycles. The highest BCUT2D eigenvalue weighted by Crippen LogP contribution is 2.33. The summed E-state index contributed by atoms with van der Waals surface area (Å²) in [5.41, 5.74) is 0. The van der Waals surface area contributed by atoms with Crippen LogP contribution in [0.25, 0.3) is 0 Å². The second-order valence-corrected chi connectivity index (χ2v) is 6.83. The largest absolute Gasteiger partial charge is 0.317 e. The number of sulfonamides is 1. The van der Waals surface area contributed by atoms with Crippen molar-refractivity contribution in [1.29, 1.82) is 0 Å². The van der Waals surface area contributed by atoms with E-state index < -0.39 is 10.0 Å². The van der Waals surface area contributed by atoms with Crippen molar-refractivity contribution in [3.63, 3.8) is 0 Å². The van der Waals surface area contributed by atoms with Crippen molar-refractivity contribution in [1.82, 2.24) is 10.0 Å². The lowest BCUT2D eigenvalue weighted by Gasteiger charge is -2.07. The Hall–Kier alpha value is -0.130. The van der Waals surface area contributed by atoms with Gasteiger partial charge < -0.3 is 5.32 Å². The molecule has 2 N–H and O–H groups in total. The Bertz CT molecular complexity index is 287. The molecule has 5 heteroatoms. The summed E-state index contributed by atoms with van der Waals surface area (Å²) in [5.74, 6) is 1.13. The fraction of sp³-hybridized carbons (Fsp3) is 1.00. The van der Waals surface area contributed by atoms with E-state index in [2.05, 4.69) is 17.0 Å². The van der Waals surface area contributed by atoms with E-state index in [1.807, 2.05) is 0 Å². The van der Waals surface area contributed by atoms with Crippen molar-refractivity contribution >= 4 is 10.0 Å². The Morgan fingerprint density at radius 2 is 1.88 bits per heavy atom. The fourth-order valence-electron chi connectivity index (χ4n) is 1.79. The predicted molar refractivity (Wildman–Crippen MR) is 71.5 cm³/mol. The lowest BCUT2D eigenvalue weighted by atomic mass is 10.2. The number of hydrogen-bond donors (Lipinski definition) is 2. The van der Waals surface area contributed by atoms with Gasteiger partial charge in [-0.25, -0.2) is 13.1 Å². The summed E-state index contributed by atoms with van der Waals surface area (Å²) >= 11 is 0. The van der Waals surface area contributed by atoms with Crippen LogP contribution in [0.1, 0.15) is 45.4 Å². The average molecular weight is 262 g/mol. The molecular formula is C12H26N2O2S. The third-order valence-corrected chi connectivity index (χ3v) is 4.47. The molecule has 1 aliphatic rings. The molecule has 0 bridgehead atoms. The molecule has 1 fully saturated rings. The highest BCUT2D eigenvalue weighted by molar-refractivity contribution is 7.89. The van der Waals surface area contributed by atoms with Gasteiger partial charge in [0.1, 0.15) is 0 Å². The van der Waals surface area contributed by atoms with Gasteiger partial charge in [-0.2, -0.15) is 0 Å². The Morgan fingerprint density at radius 1 is 1.12 bits per heavy atom. The number of nitrogens with one attached hydrogen (secondary N) is 2. The maximum Gasteiger partial charge on any atom is 0.211 e. The molecule has 102 valence electrons. The molecule has 0 aromatic rings. The van der Waals surface area contributed by atoms with Crippen LogP contribution in [-0.4, -0.2) is 33.8 Å². The smallest absolute Gasteiger partial charge is 0.211 e. The fourth-order valence-corrected chi connectivity index (χ4v) is 2.91. The van der Waals surface area contributed by atoms with Gasteiger partial charge in [-0.1, -0.05) is 19.8 Å². The standard InChI is InChI=1S/C12H26N2O2S/c1-2-8-13-9-4-11-17(15,16)14-10-3-5-12-6-7-12/h12-14H,2-11H2,1H3. The first-order valence-corrected chi connectivity index (χ1v) is 8.47. The second kappa shape index (κ2) is 8.06. The van der Waals surface area contributed by atoms with Crippen LogP contribution in [0, 0.1) is 5.92 Å². The minimum Gasteiger partial charge on any atom is -0.317 e. The van der Waals surface area contributed by atoms with Gasteiger partial charge in [-0.3, -0.25) is 0 Å². The van der Waals surface area contributed by atoms with Crippen LogP contribution in [-0.2, 0) is 10.0 Å². The van der Waals surface area contributed by atoms with Gasteiger partial charge in [-0.05, 0) is 44.7 Å². The van der Waals surface area contributed by atoms with Crippen molar-refractivity contribution in [2.24, 2.45) is 5.92 Å². The van der Waals surface area contributed by atoms with E-state index in [1.54, 1.807) is 0 Å². The zero-order valence-electron chi connectivity index (χ0n) is 10.9. The van der Waals surface area contributed by atoms with Crippen LogP contribution in [0.3, 0.4) is 0 Å². The summed E-state index contributed by atoms with van der Waals surface area (Å²) in [6, 6.07) is 0. The quantitative estimate of drug-likeness (QED) is 0.555. The SMILES string of the molecule is CCCNCCCS(=O)(=O)NCCCC1CC1. The molecule has 0 unspecified atom stereocenters. The first kappa shape index (κ1) is 14.9. The third kappa shape index (κ3) is 8.57. The second-order valence-electron chi connectivity index (χ2n) is 4.90. The van der Waals surface area contributed by atoms with Crippen LogP contribution in [0.5, 0.6) is 0 Å². The summed E-state index contributed by atoms with van der Waals surface area (Å²) in [6.45, 7) is 4.47. The van der Waals surface area contributed by atoms with Crippen LogP contribution < -0.4 is 10.0 Å². The molecule has 0 amide bonds. The molecule has 1 rings (SSSR count). The van der Waals surface area contributed by atoms with Crippen LogP contribution in [0.4, 0.5) is 0 Å². The van der Waals surface area contributed by atoms with Gasteiger partial charge in [0.2, 0.25) is 10.0 Å². The van der Waals surface area contributed by atoms with Crippen LogP contribution in [0.2, 0.25) is 0 Å². The van der Waals surface area contributed by atoms with Crippen molar-refractivity contribution in [3.8, 4) is 0 Å². The van der Waals surface area contributed by atoms with Gasteiger partial charge in [0.05, 0.1) is 5.75 Å². The molecule has 4 nitrogen and oxygen atoms in total. The maximum atomic E-state index is 11.6.